The Hall–Kier alpha value is -1.09. The normalized spacial score (nSPS) is 30.0. The Morgan fingerprint density at radius 1 is 1.33 bits per heavy atom. The molecule has 1 saturated carbocycles. The zero-order chi connectivity index (χ0) is 15.2. The smallest absolute Gasteiger partial charge is 0.146 e. The SMILES string of the molecule is Cc1cccc(F)c1N1CC(C)(C2CC2)NCC1C(C)C. The lowest BCUT2D eigenvalue weighted by molar-refractivity contribution is 0.232. The summed E-state index contributed by atoms with van der Waals surface area (Å²) in [5.41, 5.74) is 1.98. The Morgan fingerprint density at radius 3 is 2.62 bits per heavy atom. The van der Waals surface area contributed by atoms with E-state index in [1.165, 1.54) is 12.8 Å². The highest BCUT2D eigenvalue weighted by Crippen LogP contribution is 2.43. The number of para-hydroxylation sites is 1. The third-order valence-electron chi connectivity index (χ3n) is 5.34. The van der Waals surface area contributed by atoms with Crippen LogP contribution in [0.25, 0.3) is 0 Å². The molecule has 116 valence electrons. The van der Waals surface area contributed by atoms with Crippen LogP contribution in [-0.2, 0) is 0 Å². The summed E-state index contributed by atoms with van der Waals surface area (Å²) in [6.45, 7) is 10.6. The third kappa shape index (κ3) is 2.68. The molecule has 0 aromatic heterocycles. The molecule has 3 heteroatoms. The van der Waals surface area contributed by atoms with Crippen LogP contribution in [0.15, 0.2) is 18.2 Å². The lowest BCUT2D eigenvalue weighted by Crippen LogP contribution is -2.65. The van der Waals surface area contributed by atoms with Gasteiger partial charge in [-0.05, 0) is 50.2 Å². The van der Waals surface area contributed by atoms with E-state index in [1.807, 2.05) is 13.0 Å². The third-order valence-corrected chi connectivity index (χ3v) is 5.34. The van der Waals surface area contributed by atoms with Crippen molar-refractivity contribution in [2.75, 3.05) is 18.0 Å². The number of anilines is 1. The fourth-order valence-corrected chi connectivity index (χ4v) is 3.80. The van der Waals surface area contributed by atoms with Crippen LogP contribution >= 0.6 is 0 Å². The highest BCUT2D eigenvalue weighted by molar-refractivity contribution is 5.56. The maximum atomic E-state index is 14.5. The molecule has 1 aromatic rings. The van der Waals surface area contributed by atoms with Gasteiger partial charge in [0.15, 0.2) is 0 Å². The molecule has 1 aromatic carbocycles. The number of rotatable bonds is 3. The summed E-state index contributed by atoms with van der Waals surface area (Å²) < 4.78 is 14.5. The van der Waals surface area contributed by atoms with Crippen LogP contribution in [-0.4, -0.2) is 24.7 Å². The predicted molar refractivity (Wildman–Crippen MR) is 86.2 cm³/mol. The highest BCUT2D eigenvalue weighted by atomic mass is 19.1. The summed E-state index contributed by atoms with van der Waals surface area (Å²) in [5, 5.41) is 3.76. The summed E-state index contributed by atoms with van der Waals surface area (Å²) >= 11 is 0. The van der Waals surface area contributed by atoms with Gasteiger partial charge < -0.3 is 10.2 Å². The van der Waals surface area contributed by atoms with E-state index in [1.54, 1.807) is 12.1 Å². The van der Waals surface area contributed by atoms with Crippen molar-refractivity contribution in [3.05, 3.63) is 29.6 Å². The first-order valence-corrected chi connectivity index (χ1v) is 8.19. The number of hydrogen-bond donors (Lipinski definition) is 1. The average molecular weight is 290 g/mol. The van der Waals surface area contributed by atoms with Gasteiger partial charge in [-0.2, -0.15) is 0 Å². The van der Waals surface area contributed by atoms with Crippen molar-refractivity contribution in [2.45, 2.75) is 52.1 Å². The molecule has 3 rings (SSSR count). The maximum Gasteiger partial charge on any atom is 0.146 e. The molecular formula is C18H27FN2. The minimum Gasteiger partial charge on any atom is -0.363 e. The number of aryl methyl sites for hydroxylation is 1. The minimum atomic E-state index is -0.0827. The van der Waals surface area contributed by atoms with Crippen molar-refractivity contribution in [1.29, 1.82) is 0 Å². The first-order chi connectivity index (χ1) is 9.92. The van der Waals surface area contributed by atoms with Crippen LogP contribution in [0.1, 0.15) is 39.2 Å². The summed E-state index contributed by atoms with van der Waals surface area (Å²) in [6.07, 6.45) is 2.61. The Labute approximate surface area is 127 Å². The van der Waals surface area contributed by atoms with E-state index in [-0.39, 0.29) is 11.4 Å². The molecule has 1 saturated heterocycles. The molecular weight excluding hydrogens is 263 g/mol. The molecule has 2 aliphatic rings. The second kappa shape index (κ2) is 5.28. The van der Waals surface area contributed by atoms with Gasteiger partial charge in [0, 0.05) is 24.7 Å². The largest absolute Gasteiger partial charge is 0.363 e. The maximum absolute atomic E-state index is 14.5. The van der Waals surface area contributed by atoms with E-state index in [0.717, 1.165) is 30.3 Å². The number of halogens is 1. The van der Waals surface area contributed by atoms with E-state index < -0.39 is 0 Å². The van der Waals surface area contributed by atoms with Crippen LogP contribution < -0.4 is 10.2 Å². The molecule has 0 spiro atoms. The Bertz CT molecular complexity index is 504. The number of nitrogens with one attached hydrogen (secondary N) is 1. The van der Waals surface area contributed by atoms with Gasteiger partial charge in [0.25, 0.3) is 0 Å². The summed E-state index contributed by atoms with van der Waals surface area (Å²) in [5.74, 6) is 1.17. The van der Waals surface area contributed by atoms with Crippen LogP contribution in [0.2, 0.25) is 0 Å². The highest BCUT2D eigenvalue weighted by Gasteiger charge is 2.47. The van der Waals surface area contributed by atoms with Crippen molar-refractivity contribution < 1.29 is 4.39 Å². The van der Waals surface area contributed by atoms with Gasteiger partial charge in [-0.25, -0.2) is 4.39 Å². The average Bonchev–Trinajstić information content (AvgIpc) is 3.23. The van der Waals surface area contributed by atoms with Crippen molar-refractivity contribution in [2.24, 2.45) is 11.8 Å². The van der Waals surface area contributed by atoms with Gasteiger partial charge >= 0.3 is 0 Å². The molecule has 1 N–H and O–H groups in total. The van der Waals surface area contributed by atoms with Crippen molar-refractivity contribution in [3.63, 3.8) is 0 Å². The van der Waals surface area contributed by atoms with Gasteiger partial charge in [0.1, 0.15) is 5.82 Å². The lowest BCUT2D eigenvalue weighted by Gasteiger charge is -2.49. The topological polar surface area (TPSA) is 15.3 Å². The molecule has 1 aliphatic heterocycles. The second-order valence-corrected chi connectivity index (χ2v) is 7.42. The van der Waals surface area contributed by atoms with Crippen molar-refractivity contribution in [1.82, 2.24) is 5.32 Å². The van der Waals surface area contributed by atoms with E-state index in [9.17, 15) is 4.39 Å². The fraction of sp³-hybridized carbons (Fsp3) is 0.667. The Morgan fingerprint density at radius 2 is 2.05 bits per heavy atom. The van der Waals surface area contributed by atoms with Crippen LogP contribution in [0, 0.1) is 24.6 Å². The van der Waals surface area contributed by atoms with Gasteiger partial charge in [0.05, 0.1) is 5.69 Å². The molecule has 0 amide bonds. The molecule has 0 bridgehead atoms. The fourth-order valence-electron chi connectivity index (χ4n) is 3.80. The monoisotopic (exact) mass is 290 g/mol. The van der Waals surface area contributed by atoms with Gasteiger partial charge in [-0.15, -0.1) is 0 Å². The number of hydrogen-bond acceptors (Lipinski definition) is 2. The van der Waals surface area contributed by atoms with Gasteiger partial charge in [0.2, 0.25) is 0 Å². The zero-order valence-electron chi connectivity index (χ0n) is 13.6. The minimum absolute atomic E-state index is 0.0827. The van der Waals surface area contributed by atoms with E-state index in [2.05, 4.69) is 31.0 Å². The molecule has 2 atom stereocenters. The first-order valence-electron chi connectivity index (χ1n) is 8.19. The predicted octanol–water partition coefficient (Wildman–Crippen LogP) is 3.74. The molecule has 2 unspecified atom stereocenters. The molecule has 2 nitrogen and oxygen atoms in total. The molecule has 1 heterocycles. The van der Waals surface area contributed by atoms with E-state index in [0.29, 0.717) is 12.0 Å². The molecule has 2 fully saturated rings. The Balaban J connectivity index is 1.97. The summed E-state index contributed by atoms with van der Waals surface area (Å²) in [6, 6.07) is 5.77. The van der Waals surface area contributed by atoms with E-state index >= 15 is 0 Å². The van der Waals surface area contributed by atoms with Crippen molar-refractivity contribution in [3.8, 4) is 0 Å². The van der Waals surface area contributed by atoms with Crippen LogP contribution in [0.5, 0.6) is 0 Å². The number of benzene rings is 1. The molecule has 21 heavy (non-hydrogen) atoms. The number of piperazine rings is 1. The van der Waals surface area contributed by atoms with Crippen LogP contribution in [0.4, 0.5) is 10.1 Å². The quantitative estimate of drug-likeness (QED) is 0.912. The van der Waals surface area contributed by atoms with Crippen molar-refractivity contribution >= 4 is 5.69 Å². The van der Waals surface area contributed by atoms with Gasteiger partial charge in [-0.1, -0.05) is 26.0 Å². The lowest BCUT2D eigenvalue weighted by atomic mass is 9.87. The van der Waals surface area contributed by atoms with Gasteiger partial charge in [-0.3, -0.25) is 0 Å². The molecule has 1 aliphatic carbocycles. The Kier molecular flexibility index (Phi) is 3.73. The number of nitrogens with zero attached hydrogens (tertiary/aromatic N) is 1. The second-order valence-electron chi connectivity index (χ2n) is 7.42. The zero-order valence-corrected chi connectivity index (χ0v) is 13.6. The summed E-state index contributed by atoms with van der Waals surface area (Å²) in [7, 11) is 0. The molecule has 0 radical (unpaired) electrons. The summed E-state index contributed by atoms with van der Waals surface area (Å²) in [4.78, 5) is 2.34. The van der Waals surface area contributed by atoms with E-state index in [4.69, 9.17) is 0 Å². The van der Waals surface area contributed by atoms with Crippen LogP contribution in [0.3, 0.4) is 0 Å². The first kappa shape index (κ1) is 14.8. The standard InChI is InChI=1S/C18H27FN2/c1-12(2)16-10-20-18(4,14-8-9-14)11-21(16)17-13(3)6-5-7-15(17)19/h5-7,12,14,16,20H,8-11H2,1-4H3.